The summed E-state index contributed by atoms with van der Waals surface area (Å²) in [7, 11) is 0. The summed E-state index contributed by atoms with van der Waals surface area (Å²) in [5, 5.41) is 0. The first kappa shape index (κ1) is 19.3. The Morgan fingerprint density at radius 3 is 2.23 bits per heavy atom. The van der Waals surface area contributed by atoms with Crippen molar-refractivity contribution in [1.82, 2.24) is 10.9 Å². The zero-order chi connectivity index (χ0) is 18.9. The van der Waals surface area contributed by atoms with Gasteiger partial charge in [0.25, 0.3) is 11.8 Å². The molecule has 2 aromatic carbocycles. The van der Waals surface area contributed by atoms with E-state index in [0.717, 1.165) is 11.1 Å². The van der Waals surface area contributed by atoms with Gasteiger partial charge in [-0.1, -0.05) is 31.2 Å². The smallest absolute Gasteiger partial charge is 0.279 e. The predicted octanol–water partition coefficient (Wildman–Crippen LogP) is 2.69. The number of carbonyl (C=O) groups is 2. The molecule has 0 bridgehead atoms. The van der Waals surface area contributed by atoms with Gasteiger partial charge in [-0.05, 0) is 55.7 Å². The first-order valence-corrected chi connectivity index (χ1v) is 8.49. The number of amides is 2. The van der Waals surface area contributed by atoms with Gasteiger partial charge in [-0.3, -0.25) is 20.4 Å². The van der Waals surface area contributed by atoms with E-state index >= 15 is 0 Å². The highest BCUT2D eigenvalue weighted by molar-refractivity contribution is 5.85. The molecule has 1 unspecified atom stereocenters. The monoisotopic (exact) mass is 356 g/mol. The van der Waals surface area contributed by atoms with E-state index in [0.29, 0.717) is 17.9 Å². The van der Waals surface area contributed by atoms with Crippen molar-refractivity contribution in [3.8, 4) is 11.5 Å². The minimum absolute atomic E-state index is 0.195. The molecular weight excluding hydrogens is 332 g/mol. The molecule has 2 rings (SSSR count). The Hall–Kier alpha value is -3.02. The van der Waals surface area contributed by atoms with Gasteiger partial charge in [0.1, 0.15) is 11.5 Å². The van der Waals surface area contributed by atoms with Crippen LogP contribution in [0.5, 0.6) is 11.5 Å². The Morgan fingerprint density at radius 2 is 1.62 bits per heavy atom. The SMILES string of the molecule is CCC(Oc1ccccc1)C(=O)NNC(=O)COc1cc(C)cc(C)c1. The molecule has 0 heterocycles. The van der Waals surface area contributed by atoms with E-state index in [2.05, 4.69) is 10.9 Å². The van der Waals surface area contributed by atoms with Crippen LogP contribution in [0.2, 0.25) is 0 Å². The Balaban J connectivity index is 1.79. The van der Waals surface area contributed by atoms with Crippen molar-refractivity contribution in [2.45, 2.75) is 33.3 Å². The molecule has 6 nitrogen and oxygen atoms in total. The average Bonchev–Trinajstić information content (AvgIpc) is 2.62. The van der Waals surface area contributed by atoms with Gasteiger partial charge >= 0.3 is 0 Å². The lowest BCUT2D eigenvalue weighted by molar-refractivity contribution is -0.134. The van der Waals surface area contributed by atoms with Gasteiger partial charge in [0.2, 0.25) is 0 Å². The summed E-state index contributed by atoms with van der Waals surface area (Å²) in [5.74, 6) is 0.338. The second-order valence-electron chi connectivity index (χ2n) is 5.98. The molecule has 26 heavy (non-hydrogen) atoms. The van der Waals surface area contributed by atoms with E-state index < -0.39 is 17.9 Å². The molecular formula is C20H24N2O4. The van der Waals surface area contributed by atoms with Crippen LogP contribution in [0.25, 0.3) is 0 Å². The summed E-state index contributed by atoms with van der Waals surface area (Å²) in [4.78, 5) is 24.0. The van der Waals surface area contributed by atoms with E-state index in [1.54, 1.807) is 12.1 Å². The normalized spacial score (nSPS) is 11.3. The molecule has 2 N–H and O–H groups in total. The molecule has 6 heteroatoms. The number of nitrogens with one attached hydrogen (secondary N) is 2. The maximum Gasteiger partial charge on any atom is 0.279 e. The molecule has 0 saturated heterocycles. The molecule has 0 aromatic heterocycles. The molecule has 0 fully saturated rings. The molecule has 0 aliphatic heterocycles. The number of hydrazine groups is 1. The van der Waals surface area contributed by atoms with Crippen LogP contribution in [-0.2, 0) is 9.59 Å². The van der Waals surface area contributed by atoms with Gasteiger partial charge in [-0.15, -0.1) is 0 Å². The van der Waals surface area contributed by atoms with Crippen LogP contribution in [0.15, 0.2) is 48.5 Å². The quantitative estimate of drug-likeness (QED) is 0.748. The zero-order valence-electron chi connectivity index (χ0n) is 15.2. The van der Waals surface area contributed by atoms with Crippen molar-refractivity contribution in [1.29, 1.82) is 0 Å². The lowest BCUT2D eigenvalue weighted by Crippen LogP contribution is -2.49. The number of aryl methyl sites for hydroxylation is 2. The summed E-state index contributed by atoms with van der Waals surface area (Å²) in [5.41, 5.74) is 6.81. The molecule has 2 aromatic rings. The molecule has 1 atom stereocenters. The van der Waals surface area contributed by atoms with Gasteiger partial charge in [0.15, 0.2) is 12.7 Å². The van der Waals surface area contributed by atoms with Crippen molar-refractivity contribution in [2.75, 3.05) is 6.61 Å². The highest BCUT2D eigenvalue weighted by Gasteiger charge is 2.18. The first-order valence-electron chi connectivity index (χ1n) is 8.49. The van der Waals surface area contributed by atoms with Crippen LogP contribution >= 0.6 is 0 Å². The Morgan fingerprint density at radius 1 is 0.962 bits per heavy atom. The van der Waals surface area contributed by atoms with Crippen LogP contribution in [0.3, 0.4) is 0 Å². The van der Waals surface area contributed by atoms with Crippen LogP contribution in [0.1, 0.15) is 24.5 Å². The van der Waals surface area contributed by atoms with E-state index in [1.807, 2.05) is 57.2 Å². The van der Waals surface area contributed by atoms with E-state index in [9.17, 15) is 9.59 Å². The van der Waals surface area contributed by atoms with Gasteiger partial charge in [0, 0.05) is 0 Å². The fourth-order valence-corrected chi connectivity index (χ4v) is 2.40. The largest absolute Gasteiger partial charge is 0.484 e. The number of hydrogen-bond donors (Lipinski definition) is 2. The maximum atomic E-state index is 12.2. The number of para-hydroxylation sites is 1. The fraction of sp³-hybridized carbons (Fsp3) is 0.300. The fourth-order valence-electron chi connectivity index (χ4n) is 2.40. The molecule has 0 radical (unpaired) electrons. The van der Waals surface area contributed by atoms with Gasteiger partial charge in [-0.25, -0.2) is 0 Å². The summed E-state index contributed by atoms with van der Waals surface area (Å²) >= 11 is 0. The predicted molar refractivity (Wildman–Crippen MR) is 98.8 cm³/mol. The average molecular weight is 356 g/mol. The molecule has 0 saturated carbocycles. The van der Waals surface area contributed by atoms with Crippen LogP contribution in [0, 0.1) is 13.8 Å². The third kappa shape index (κ3) is 6.12. The minimum atomic E-state index is -0.696. The highest BCUT2D eigenvalue weighted by atomic mass is 16.5. The maximum absolute atomic E-state index is 12.2. The molecule has 0 aliphatic carbocycles. The number of ether oxygens (including phenoxy) is 2. The molecule has 2 amide bonds. The van der Waals surface area contributed by atoms with Gasteiger partial charge in [-0.2, -0.15) is 0 Å². The van der Waals surface area contributed by atoms with Gasteiger partial charge < -0.3 is 9.47 Å². The zero-order valence-corrected chi connectivity index (χ0v) is 15.2. The summed E-state index contributed by atoms with van der Waals surface area (Å²) in [6.45, 7) is 5.55. The lowest BCUT2D eigenvalue weighted by atomic mass is 10.1. The molecule has 0 spiro atoms. The van der Waals surface area contributed by atoms with Crippen molar-refractivity contribution in [3.05, 3.63) is 59.7 Å². The summed E-state index contributed by atoms with van der Waals surface area (Å²) in [6.07, 6.45) is -0.228. The lowest BCUT2D eigenvalue weighted by Gasteiger charge is -2.17. The van der Waals surface area contributed by atoms with Crippen molar-refractivity contribution < 1.29 is 19.1 Å². The highest BCUT2D eigenvalue weighted by Crippen LogP contribution is 2.16. The number of rotatable bonds is 7. The standard InChI is InChI=1S/C20H24N2O4/c1-4-18(26-16-8-6-5-7-9-16)20(24)22-21-19(23)13-25-17-11-14(2)10-15(3)12-17/h5-12,18H,4,13H2,1-3H3,(H,21,23)(H,22,24). The molecule has 138 valence electrons. The van der Waals surface area contributed by atoms with Gasteiger partial charge in [0.05, 0.1) is 0 Å². The number of carbonyl (C=O) groups excluding carboxylic acids is 2. The second-order valence-corrected chi connectivity index (χ2v) is 5.98. The van der Waals surface area contributed by atoms with Crippen LogP contribution < -0.4 is 20.3 Å². The first-order chi connectivity index (χ1) is 12.5. The Kier molecular flexibility index (Phi) is 7.02. The molecule has 0 aliphatic rings. The van der Waals surface area contributed by atoms with Crippen molar-refractivity contribution >= 4 is 11.8 Å². The topological polar surface area (TPSA) is 76.7 Å². The third-order valence-electron chi connectivity index (χ3n) is 3.58. The summed E-state index contributed by atoms with van der Waals surface area (Å²) < 4.78 is 11.1. The minimum Gasteiger partial charge on any atom is -0.484 e. The summed E-state index contributed by atoms with van der Waals surface area (Å²) in [6, 6.07) is 14.8. The Bertz CT molecular complexity index is 726. The van der Waals surface area contributed by atoms with Crippen molar-refractivity contribution in [3.63, 3.8) is 0 Å². The van der Waals surface area contributed by atoms with E-state index in [4.69, 9.17) is 9.47 Å². The number of benzene rings is 2. The van der Waals surface area contributed by atoms with E-state index in [1.165, 1.54) is 0 Å². The number of hydrogen-bond acceptors (Lipinski definition) is 4. The van der Waals surface area contributed by atoms with Crippen LogP contribution in [-0.4, -0.2) is 24.5 Å². The van der Waals surface area contributed by atoms with Crippen molar-refractivity contribution in [2.24, 2.45) is 0 Å². The second kappa shape index (κ2) is 9.46. The van der Waals surface area contributed by atoms with Crippen LogP contribution in [0.4, 0.5) is 0 Å². The van der Waals surface area contributed by atoms with E-state index in [-0.39, 0.29) is 6.61 Å². The third-order valence-corrected chi connectivity index (χ3v) is 3.58. The Labute approximate surface area is 153 Å².